The van der Waals surface area contributed by atoms with E-state index in [4.69, 9.17) is 4.74 Å². The molecule has 3 heteroatoms. The Morgan fingerprint density at radius 3 is 2.40 bits per heavy atom. The Bertz CT molecular complexity index is 488. The predicted molar refractivity (Wildman–Crippen MR) is 83.6 cm³/mol. The minimum absolute atomic E-state index is 0.0775. The van der Waals surface area contributed by atoms with Gasteiger partial charge in [0.1, 0.15) is 5.75 Å². The summed E-state index contributed by atoms with van der Waals surface area (Å²) in [4.78, 5) is 12.7. The van der Waals surface area contributed by atoms with Gasteiger partial charge in [0.2, 0.25) is 0 Å². The lowest BCUT2D eigenvalue weighted by molar-refractivity contribution is -0.119. The van der Waals surface area contributed by atoms with Crippen molar-refractivity contribution in [2.75, 3.05) is 7.11 Å². The largest absolute Gasteiger partial charge is 0.497 e. The molecular formula is C17H22O2S. The molecule has 2 aliphatic rings. The van der Waals surface area contributed by atoms with Gasteiger partial charge < -0.3 is 4.74 Å². The zero-order valence-corrected chi connectivity index (χ0v) is 13.0. The fourth-order valence-electron chi connectivity index (χ4n) is 3.79. The summed E-state index contributed by atoms with van der Waals surface area (Å²) in [6, 6.07) is 8.12. The summed E-state index contributed by atoms with van der Waals surface area (Å²) in [5.74, 6) is 1.35. The third-order valence-corrected chi connectivity index (χ3v) is 6.47. The Morgan fingerprint density at radius 2 is 1.80 bits per heavy atom. The summed E-state index contributed by atoms with van der Waals surface area (Å²) in [6.45, 7) is 2.08. The first-order chi connectivity index (χ1) is 9.66. The number of carbonyl (C=O) groups is 1. The first kappa shape index (κ1) is 14.0. The van der Waals surface area contributed by atoms with Gasteiger partial charge in [-0.05, 0) is 37.5 Å². The molecule has 20 heavy (non-hydrogen) atoms. The topological polar surface area (TPSA) is 26.3 Å². The summed E-state index contributed by atoms with van der Waals surface area (Å²) >= 11 is 1.93. The van der Waals surface area contributed by atoms with Gasteiger partial charge in [-0.25, -0.2) is 0 Å². The van der Waals surface area contributed by atoms with Crippen molar-refractivity contribution in [1.29, 1.82) is 0 Å². The molecule has 0 aromatic heterocycles. The second kappa shape index (κ2) is 5.44. The number of rotatable bonds is 2. The van der Waals surface area contributed by atoms with Gasteiger partial charge in [0.25, 0.3) is 0 Å². The maximum absolute atomic E-state index is 12.7. The number of carbonyl (C=O) groups excluding carboxylic acids is 1. The lowest BCUT2D eigenvalue weighted by Gasteiger charge is -2.37. The Labute approximate surface area is 125 Å². The first-order valence-corrected chi connectivity index (χ1v) is 8.40. The van der Waals surface area contributed by atoms with Gasteiger partial charge in [-0.15, -0.1) is 11.8 Å². The highest BCUT2D eigenvalue weighted by Crippen LogP contribution is 2.57. The molecule has 1 aromatic carbocycles. The van der Waals surface area contributed by atoms with Gasteiger partial charge in [-0.3, -0.25) is 4.79 Å². The molecule has 2 nitrogen and oxygen atoms in total. The number of Topliss-reactive ketones (excluding diaryl/α,β-unsaturated/α-hetero) is 1. The Balaban J connectivity index is 1.96. The van der Waals surface area contributed by atoms with Gasteiger partial charge in [-0.1, -0.05) is 31.4 Å². The van der Waals surface area contributed by atoms with E-state index in [2.05, 4.69) is 19.1 Å². The molecule has 0 unspecified atom stereocenters. The zero-order valence-electron chi connectivity index (χ0n) is 12.2. The van der Waals surface area contributed by atoms with Crippen LogP contribution in [0, 0.1) is 0 Å². The van der Waals surface area contributed by atoms with Crippen molar-refractivity contribution in [3.05, 3.63) is 29.8 Å². The van der Waals surface area contributed by atoms with Crippen molar-refractivity contribution in [3.8, 4) is 5.75 Å². The summed E-state index contributed by atoms with van der Waals surface area (Å²) < 4.78 is 5.38. The van der Waals surface area contributed by atoms with Gasteiger partial charge in [0, 0.05) is 4.75 Å². The lowest BCUT2D eigenvalue weighted by Crippen LogP contribution is -2.34. The second-order valence-corrected chi connectivity index (χ2v) is 7.75. The van der Waals surface area contributed by atoms with E-state index in [0.717, 1.165) is 5.75 Å². The Kier molecular flexibility index (Phi) is 3.80. The molecule has 1 saturated carbocycles. The molecule has 2 atom stereocenters. The minimum atomic E-state index is 0.0775. The zero-order chi connectivity index (χ0) is 14.2. The predicted octanol–water partition coefficient (Wildman–Crippen LogP) is 4.19. The number of hydrogen-bond donors (Lipinski definition) is 0. The third-order valence-electron chi connectivity index (χ3n) is 4.77. The molecule has 1 aliphatic heterocycles. The van der Waals surface area contributed by atoms with Crippen molar-refractivity contribution in [3.63, 3.8) is 0 Å². The van der Waals surface area contributed by atoms with Crippen molar-refractivity contribution >= 4 is 17.5 Å². The van der Waals surface area contributed by atoms with Crippen LogP contribution in [0.3, 0.4) is 0 Å². The molecular weight excluding hydrogens is 268 g/mol. The van der Waals surface area contributed by atoms with Gasteiger partial charge in [0.05, 0.1) is 18.3 Å². The third kappa shape index (κ3) is 2.26. The fourth-order valence-corrected chi connectivity index (χ4v) is 5.66. The molecule has 3 rings (SSSR count). The van der Waals surface area contributed by atoms with Crippen molar-refractivity contribution in [2.45, 2.75) is 54.9 Å². The van der Waals surface area contributed by atoms with Gasteiger partial charge >= 0.3 is 0 Å². The van der Waals surface area contributed by atoms with Crippen LogP contribution < -0.4 is 4.74 Å². The van der Waals surface area contributed by atoms with Crippen LogP contribution in [0.15, 0.2) is 24.3 Å². The molecule has 108 valence electrons. The van der Waals surface area contributed by atoms with Crippen LogP contribution in [0.5, 0.6) is 5.75 Å². The standard InChI is InChI=1S/C17H22O2S/c1-12-16(18)15(13-6-8-14(19-2)9-7-13)17(20-12)10-4-3-5-11-17/h6-9,12,15H,3-5,10-11H2,1-2H3/t12-,15-/m1/s1. The lowest BCUT2D eigenvalue weighted by atomic mass is 9.74. The average Bonchev–Trinajstić information content (AvgIpc) is 2.71. The van der Waals surface area contributed by atoms with E-state index in [9.17, 15) is 4.79 Å². The molecule has 2 fully saturated rings. The summed E-state index contributed by atoms with van der Waals surface area (Å²) in [5, 5.41) is 0.139. The molecule has 1 saturated heterocycles. The highest BCUT2D eigenvalue weighted by atomic mass is 32.2. The highest BCUT2D eigenvalue weighted by Gasteiger charge is 2.52. The van der Waals surface area contributed by atoms with E-state index < -0.39 is 0 Å². The van der Waals surface area contributed by atoms with Crippen molar-refractivity contribution in [1.82, 2.24) is 0 Å². The van der Waals surface area contributed by atoms with E-state index in [1.165, 1.54) is 37.7 Å². The molecule has 1 aromatic rings. The molecule has 0 amide bonds. The molecule has 1 spiro atoms. The molecule has 0 N–H and O–H groups in total. The maximum Gasteiger partial charge on any atom is 0.154 e. The summed E-state index contributed by atoms with van der Waals surface area (Å²) in [7, 11) is 1.68. The molecule has 1 aliphatic carbocycles. The monoisotopic (exact) mass is 290 g/mol. The van der Waals surface area contributed by atoms with Crippen LogP contribution in [0.2, 0.25) is 0 Å². The number of hydrogen-bond acceptors (Lipinski definition) is 3. The van der Waals surface area contributed by atoms with E-state index in [-0.39, 0.29) is 15.9 Å². The average molecular weight is 290 g/mol. The van der Waals surface area contributed by atoms with Crippen molar-refractivity contribution in [2.24, 2.45) is 0 Å². The normalized spacial score (nSPS) is 28.8. The van der Waals surface area contributed by atoms with Crippen LogP contribution >= 0.6 is 11.8 Å². The van der Waals surface area contributed by atoms with Crippen LogP contribution in [-0.4, -0.2) is 22.9 Å². The fraction of sp³-hybridized carbons (Fsp3) is 0.588. The molecule has 1 heterocycles. The number of methoxy groups -OCH3 is 1. The Hall–Kier alpha value is -0.960. The van der Waals surface area contributed by atoms with Crippen LogP contribution in [0.25, 0.3) is 0 Å². The van der Waals surface area contributed by atoms with Crippen LogP contribution in [-0.2, 0) is 4.79 Å². The molecule has 0 radical (unpaired) electrons. The van der Waals surface area contributed by atoms with Gasteiger partial charge in [0.15, 0.2) is 5.78 Å². The number of benzene rings is 1. The van der Waals surface area contributed by atoms with E-state index in [0.29, 0.717) is 5.78 Å². The van der Waals surface area contributed by atoms with Crippen molar-refractivity contribution < 1.29 is 9.53 Å². The second-order valence-electron chi connectivity index (χ2n) is 5.99. The minimum Gasteiger partial charge on any atom is -0.497 e. The number of ketones is 1. The number of thioether (sulfide) groups is 1. The van der Waals surface area contributed by atoms with E-state index in [1.54, 1.807) is 7.11 Å². The van der Waals surface area contributed by atoms with Crippen LogP contribution in [0.1, 0.15) is 50.5 Å². The smallest absolute Gasteiger partial charge is 0.154 e. The Morgan fingerprint density at radius 1 is 1.15 bits per heavy atom. The molecule has 0 bridgehead atoms. The van der Waals surface area contributed by atoms with Crippen LogP contribution in [0.4, 0.5) is 0 Å². The van der Waals surface area contributed by atoms with Gasteiger partial charge in [-0.2, -0.15) is 0 Å². The van der Waals surface area contributed by atoms with E-state index in [1.807, 2.05) is 23.9 Å². The maximum atomic E-state index is 12.7. The SMILES string of the molecule is COc1ccc([C@@H]2C(=O)[C@@H](C)SC23CCCCC3)cc1. The number of ether oxygens (including phenoxy) is 1. The quantitative estimate of drug-likeness (QED) is 0.817. The van der Waals surface area contributed by atoms with E-state index >= 15 is 0 Å². The first-order valence-electron chi connectivity index (χ1n) is 7.52. The summed E-state index contributed by atoms with van der Waals surface area (Å²) in [6.07, 6.45) is 6.22. The highest BCUT2D eigenvalue weighted by molar-refractivity contribution is 8.02. The summed E-state index contributed by atoms with van der Waals surface area (Å²) in [5.41, 5.74) is 1.18.